The summed E-state index contributed by atoms with van der Waals surface area (Å²) in [4.78, 5) is 11.7. The lowest BCUT2D eigenvalue weighted by molar-refractivity contribution is -0.168. The van der Waals surface area contributed by atoms with Gasteiger partial charge >= 0.3 is 5.97 Å². The average Bonchev–Trinajstić information content (AvgIpc) is 2.31. The summed E-state index contributed by atoms with van der Waals surface area (Å²) in [7, 11) is 0. The molecule has 0 bridgehead atoms. The Morgan fingerprint density at radius 1 is 1.28 bits per heavy atom. The smallest absolute Gasteiger partial charge is 0.338 e. The molecule has 4 nitrogen and oxygen atoms in total. The maximum absolute atomic E-state index is 11.7. The summed E-state index contributed by atoms with van der Waals surface area (Å²) in [6, 6.07) is 0. The molecule has 0 heterocycles. The minimum Gasteiger partial charge on any atom is -0.461 e. The van der Waals surface area contributed by atoms with Gasteiger partial charge in [0.2, 0.25) is 0 Å². The molecular formula is C14H26O4. The molecule has 0 aromatic carbocycles. The van der Waals surface area contributed by atoms with Crippen molar-refractivity contribution in [3.8, 4) is 0 Å². The maximum atomic E-state index is 11.7. The second kappa shape index (κ2) is 10.1. The van der Waals surface area contributed by atoms with E-state index in [1.165, 1.54) is 0 Å². The molecular weight excluding hydrogens is 232 g/mol. The predicted octanol–water partition coefficient (Wildman–Crippen LogP) is 2.45. The van der Waals surface area contributed by atoms with Crippen molar-refractivity contribution in [2.45, 2.75) is 65.3 Å². The number of hydrogen-bond donors (Lipinski definition) is 1. The van der Waals surface area contributed by atoms with Crippen molar-refractivity contribution in [3.63, 3.8) is 0 Å². The van der Waals surface area contributed by atoms with Crippen LogP contribution in [0, 0.1) is 0 Å². The Balaban J connectivity index is 4.27. The molecule has 2 unspecified atom stereocenters. The minimum atomic E-state index is -0.899. The molecule has 0 amide bonds. The van der Waals surface area contributed by atoms with Crippen molar-refractivity contribution in [1.29, 1.82) is 0 Å². The Kier molecular flexibility index (Phi) is 9.60. The third-order valence-electron chi connectivity index (χ3n) is 2.35. The number of aliphatic hydroxyl groups is 1. The molecule has 106 valence electrons. The third-order valence-corrected chi connectivity index (χ3v) is 2.35. The molecule has 0 aliphatic carbocycles. The van der Waals surface area contributed by atoms with Gasteiger partial charge in [0.05, 0.1) is 18.8 Å². The molecule has 2 atom stereocenters. The van der Waals surface area contributed by atoms with Gasteiger partial charge in [-0.25, -0.2) is 4.79 Å². The van der Waals surface area contributed by atoms with Crippen molar-refractivity contribution in [1.82, 2.24) is 0 Å². The van der Waals surface area contributed by atoms with E-state index in [1.54, 1.807) is 20.8 Å². The first-order valence-electron chi connectivity index (χ1n) is 6.68. The van der Waals surface area contributed by atoms with Crippen LogP contribution in [-0.2, 0) is 14.3 Å². The van der Waals surface area contributed by atoms with Gasteiger partial charge in [-0.15, -0.1) is 0 Å². The number of aliphatic hydroxyl groups excluding tert-OH is 1. The lowest BCUT2D eigenvalue weighted by atomic mass is 10.1. The van der Waals surface area contributed by atoms with E-state index in [-0.39, 0.29) is 6.10 Å². The Hall–Kier alpha value is -0.870. The molecule has 1 N–H and O–H groups in total. The number of unbranched alkanes of at least 4 members (excludes halogenated alkanes) is 1. The number of allylic oxidation sites excluding steroid dienone is 1. The van der Waals surface area contributed by atoms with Crippen molar-refractivity contribution in [3.05, 3.63) is 12.2 Å². The maximum Gasteiger partial charge on any atom is 0.338 e. The van der Waals surface area contributed by atoms with Crippen LogP contribution in [0.15, 0.2) is 12.2 Å². The molecule has 0 aliphatic rings. The first-order valence-corrected chi connectivity index (χ1v) is 6.68. The minimum absolute atomic E-state index is 0.205. The van der Waals surface area contributed by atoms with E-state index in [0.717, 1.165) is 12.8 Å². The van der Waals surface area contributed by atoms with Crippen LogP contribution in [0.4, 0.5) is 0 Å². The summed E-state index contributed by atoms with van der Waals surface area (Å²) in [5.74, 6) is -0.497. The van der Waals surface area contributed by atoms with Crippen molar-refractivity contribution in [2.75, 3.05) is 6.61 Å². The molecule has 0 saturated carbocycles. The highest BCUT2D eigenvalue weighted by atomic mass is 16.6. The number of esters is 1. The Labute approximate surface area is 110 Å². The number of carbonyl (C=O) groups excluding carboxylic acids is 1. The van der Waals surface area contributed by atoms with Gasteiger partial charge in [-0.3, -0.25) is 0 Å². The van der Waals surface area contributed by atoms with E-state index < -0.39 is 18.2 Å². The van der Waals surface area contributed by atoms with Crippen molar-refractivity contribution < 1.29 is 19.4 Å². The van der Waals surface area contributed by atoms with Gasteiger partial charge in [0.15, 0.2) is 6.10 Å². The van der Waals surface area contributed by atoms with E-state index >= 15 is 0 Å². The van der Waals surface area contributed by atoms with E-state index in [2.05, 4.69) is 6.92 Å². The number of carbonyl (C=O) groups is 1. The number of rotatable bonds is 9. The van der Waals surface area contributed by atoms with Gasteiger partial charge in [0.1, 0.15) is 0 Å². The second-order valence-electron chi connectivity index (χ2n) is 4.48. The fourth-order valence-electron chi connectivity index (χ4n) is 1.36. The van der Waals surface area contributed by atoms with Crippen LogP contribution in [0.1, 0.15) is 47.0 Å². The van der Waals surface area contributed by atoms with E-state index in [4.69, 9.17) is 9.47 Å². The van der Waals surface area contributed by atoms with Crippen LogP contribution in [0.5, 0.6) is 0 Å². The van der Waals surface area contributed by atoms with Gasteiger partial charge in [-0.1, -0.05) is 32.4 Å². The van der Waals surface area contributed by atoms with Crippen molar-refractivity contribution >= 4 is 5.97 Å². The SMILES string of the molecule is CCC/C=C/COC(C(=O)OC(C)C)C(O)CC. The summed E-state index contributed by atoms with van der Waals surface area (Å²) in [6.07, 6.45) is 4.46. The van der Waals surface area contributed by atoms with E-state index in [9.17, 15) is 9.90 Å². The van der Waals surface area contributed by atoms with Gasteiger partial charge in [-0.05, 0) is 26.7 Å². The monoisotopic (exact) mass is 258 g/mol. The fraction of sp³-hybridized carbons (Fsp3) is 0.786. The van der Waals surface area contributed by atoms with E-state index in [1.807, 2.05) is 12.2 Å². The molecule has 0 aromatic rings. The fourth-order valence-corrected chi connectivity index (χ4v) is 1.36. The Morgan fingerprint density at radius 2 is 1.94 bits per heavy atom. The number of ether oxygens (including phenoxy) is 2. The summed E-state index contributed by atoms with van der Waals surface area (Å²) in [6.45, 7) is 7.75. The zero-order chi connectivity index (χ0) is 14.0. The molecule has 0 rings (SSSR count). The van der Waals surface area contributed by atoms with Crippen molar-refractivity contribution in [2.24, 2.45) is 0 Å². The molecule has 0 aliphatic heterocycles. The topological polar surface area (TPSA) is 55.8 Å². The molecule has 4 heteroatoms. The lowest BCUT2D eigenvalue weighted by Gasteiger charge is -2.21. The Morgan fingerprint density at radius 3 is 2.44 bits per heavy atom. The molecule has 0 saturated heterocycles. The predicted molar refractivity (Wildman–Crippen MR) is 71.3 cm³/mol. The van der Waals surface area contributed by atoms with Crippen LogP contribution in [0.25, 0.3) is 0 Å². The highest BCUT2D eigenvalue weighted by Gasteiger charge is 2.28. The van der Waals surface area contributed by atoms with Gasteiger partial charge in [0.25, 0.3) is 0 Å². The highest BCUT2D eigenvalue weighted by molar-refractivity contribution is 5.75. The Bertz CT molecular complexity index is 248. The normalized spacial score (nSPS) is 15.0. The van der Waals surface area contributed by atoms with Crippen LogP contribution >= 0.6 is 0 Å². The third kappa shape index (κ3) is 7.45. The summed E-state index contributed by atoms with van der Waals surface area (Å²) in [5.41, 5.74) is 0. The summed E-state index contributed by atoms with van der Waals surface area (Å²) >= 11 is 0. The summed E-state index contributed by atoms with van der Waals surface area (Å²) < 4.78 is 10.5. The van der Waals surface area contributed by atoms with Gasteiger partial charge in [-0.2, -0.15) is 0 Å². The highest BCUT2D eigenvalue weighted by Crippen LogP contribution is 2.08. The van der Waals surface area contributed by atoms with Gasteiger partial charge < -0.3 is 14.6 Å². The average molecular weight is 258 g/mol. The largest absolute Gasteiger partial charge is 0.461 e. The zero-order valence-electron chi connectivity index (χ0n) is 11.9. The molecule has 0 spiro atoms. The van der Waals surface area contributed by atoms with Crippen LogP contribution in [0.2, 0.25) is 0 Å². The lowest BCUT2D eigenvalue weighted by Crippen LogP contribution is -2.38. The molecule has 18 heavy (non-hydrogen) atoms. The first-order chi connectivity index (χ1) is 8.52. The molecule has 0 aromatic heterocycles. The molecule has 0 fully saturated rings. The summed E-state index contributed by atoms with van der Waals surface area (Å²) in [5, 5.41) is 9.75. The van der Waals surface area contributed by atoms with E-state index in [0.29, 0.717) is 13.0 Å². The quantitative estimate of drug-likeness (QED) is 0.510. The zero-order valence-corrected chi connectivity index (χ0v) is 11.9. The van der Waals surface area contributed by atoms with Crippen LogP contribution in [0.3, 0.4) is 0 Å². The molecule has 0 radical (unpaired) electrons. The van der Waals surface area contributed by atoms with Crippen LogP contribution < -0.4 is 0 Å². The standard InChI is InChI=1S/C14H26O4/c1-5-7-8-9-10-17-13(12(15)6-2)14(16)18-11(3)4/h8-9,11-13,15H,5-7,10H2,1-4H3/b9-8+. The van der Waals surface area contributed by atoms with Gasteiger partial charge in [0, 0.05) is 0 Å². The first kappa shape index (κ1) is 17.1. The second-order valence-corrected chi connectivity index (χ2v) is 4.48. The van der Waals surface area contributed by atoms with Crippen LogP contribution in [-0.4, -0.2) is 36.0 Å². The number of hydrogen-bond acceptors (Lipinski definition) is 4.